The molecule has 0 saturated carbocycles. The smallest absolute Gasteiger partial charge is 0.408 e. The predicted octanol–water partition coefficient (Wildman–Crippen LogP) is 3.62. The Morgan fingerprint density at radius 3 is 2.31 bits per heavy atom. The monoisotopic (exact) mass is 365 g/mol. The number of hydrogen-bond acceptors (Lipinski definition) is 5. The van der Waals surface area contributed by atoms with Crippen molar-refractivity contribution in [1.82, 2.24) is 5.32 Å². The molecule has 2 rings (SSSR count). The lowest BCUT2D eigenvalue weighted by atomic mass is 10.2. The minimum Gasteiger partial charge on any atom is -0.461 e. The van der Waals surface area contributed by atoms with Crippen molar-refractivity contribution in [2.45, 2.75) is 65.2 Å². The van der Waals surface area contributed by atoms with Gasteiger partial charge in [0.25, 0.3) is 0 Å². The van der Waals surface area contributed by atoms with Gasteiger partial charge in [-0.25, -0.2) is 9.59 Å². The van der Waals surface area contributed by atoms with Crippen LogP contribution in [0.1, 0.15) is 46.1 Å². The molecule has 1 heterocycles. The van der Waals surface area contributed by atoms with E-state index in [0.717, 1.165) is 0 Å². The fourth-order valence-corrected chi connectivity index (χ4v) is 2.13. The van der Waals surface area contributed by atoms with Gasteiger partial charge in [0, 0.05) is 19.4 Å². The molecule has 0 aliphatic carbocycles. The zero-order valence-electron chi connectivity index (χ0n) is 16.4. The summed E-state index contributed by atoms with van der Waals surface area (Å²) in [6, 6.07) is 9.54. The van der Waals surface area contributed by atoms with E-state index in [1.807, 2.05) is 18.2 Å². The molecule has 1 aromatic rings. The van der Waals surface area contributed by atoms with E-state index >= 15 is 0 Å². The number of cyclic esters (lactones) is 1. The van der Waals surface area contributed by atoms with Gasteiger partial charge in [0.2, 0.25) is 0 Å². The highest BCUT2D eigenvalue weighted by Crippen LogP contribution is 2.10. The van der Waals surface area contributed by atoms with E-state index in [1.165, 1.54) is 5.56 Å². The number of carbonyl (C=O) groups is 2. The van der Waals surface area contributed by atoms with E-state index in [1.54, 1.807) is 27.7 Å². The Kier molecular flexibility index (Phi) is 9.13. The van der Waals surface area contributed by atoms with Crippen molar-refractivity contribution in [3.8, 4) is 0 Å². The van der Waals surface area contributed by atoms with Gasteiger partial charge in [-0.05, 0) is 34.6 Å². The van der Waals surface area contributed by atoms with Crippen LogP contribution >= 0.6 is 0 Å². The lowest BCUT2D eigenvalue weighted by Gasteiger charge is -2.23. The zero-order chi connectivity index (χ0) is 19.6. The van der Waals surface area contributed by atoms with Crippen molar-refractivity contribution >= 4 is 12.1 Å². The van der Waals surface area contributed by atoms with Crippen LogP contribution in [0.5, 0.6) is 0 Å². The van der Waals surface area contributed by atoms with Crippen molar-refractivity contribution < 1.29 is 23.8 Å². The third-order valence-electron chi connectivity index (χ3n) is 3.45. The summed E-state index contributed by atoms with van der Waals surface area (Å²) in [5.74, 6) is -0.441. The minimum atomic E-state index is -0.726. The molecule has 2 atom stereocenters. The van der Waals surface area contributed by atoms with Gasteiger partial charge in [-0.15, -0.1) is 0 Å². The van der Waals surface area contributed by atoms with Gasteiger partial charge in [-0.1, -0.05) is 35.9 Å². The standard InChI is InChI=1S/C13H23NO5.C7H8/c1-9-5-7-17-8-6-10(11(15)18-9)14-12(16)19-13(2,3)4;1-7-5-3-2-4-6-7/h9-10H,5-8H2,1-4H3,(H,14,16);2-6H,1H3/t9?,10-;/m0./s1. The molecule has 1 aliphatic heterocycles. The van der Waals surface area contributed by atoms with Gasteiger partial charge in [0.1, 0.15) is 17.7 Å². The van der Waals surface area contributed by atoms with Crippen molar-refractivity contribution in [3.63, 3.8) is 0 Å². The molecule has 0 radical (unpaired) electrons. The second-order valence-electron chi connectivity index (χ2n) is 7.29. The molecule has 1 amide bonds. The molecule has 26 heavy (non-hydrogen) atoms. The number of rotatable bonds is 1. The number of carbonyl (C=O) groups excluding carboxylic acids is 2. The summed E-state index contributed by atoms with van der Waals surface area (Å²) in [4.78, 5) is 23.5. The lowest BCUT2D eigenvalue weighted by molar-refractivity contribution is -0.150. The first-order valence-electron chi connectivity index (χ1n) is 8.97. The largest absolute Gasteiger partial charge is 0.461 e. The molecular weight excluding hydrogens is 334 g/mol. The minimum absolute atomic E-state index is 0.214. The van der Waals surface area contributed by atoms with Crippen molar-refractivity contribution in [2.75, 3.05) is 13.2 Å². The number of benzene rings is 1. The highest BCUT2D eigenvalue weighted by molar-refractivity contribution is 5.81. The Balaban J connectivity index is 0.000000401. The molecule has 1 aromatic carbocycles. The first-order valence-corrected chi connectivity index (χ1v) is 8.97. The van der Waals surface area contributed by atoms with E-state index in [0.29, 0.717) is 26.1 Å². The van der Waals surface area contributed by atoms with Crippen molar-refractivity contribution in [2.24, 2.45) is 0 Å². The molecule has 0 aromatic heterocycles. The summed E-state index contributed by atoms with van der Waals surface area (Å²) in [6.07, 6.45) is 0.199. The summed E-state index contributed by atoms with van der Waals surface area (Å²) >= 11 is 0. The Morgan fingerprint density at radius 2 is 1.77 bits per heavy atom. The third-order valence-corrected chi connectivity index (χ3v) is 3.45. The van der Waals surface area contributed by atoms with E-state index < -0.39 is 23.7 Å². The van der Waals surface area contributed by atoms with Gasteiger partial charge in [0.05, 0.1) is 6.61 Å². The number of hydrogen-bond donors (Lipinski definition) is 1. The highest BCUT2D eigenvalue weighted by atomic mass is 16.6. The second kappa shape index (κ2) is 10.8. The van der Waals surface area contributed by atoms with Crippen LogP contribution in [0.4, 0.5) is 4.79 Å². The zero-order valence-corrected chi connectivity index (χ0v) is 16.4. The van der Waals surface area contributed by atoms with E-state index in [2.05, 4.69) is 24.4 Å². The van der Waals surface area contributed by atoms with E-state index in [9.17, 15) is 9.59 Å². The molecule has 0 bridgehead atoms. The Hall–Kier alpha value is -2.08. The summed E-state index contributed by atoms with van der Waals surface area (Å²) < 4.78 is 15.7. The Labute approximate surface area is 156 Å². The van der Waals surface area contributed by atoms with Crippen LogP contribution in [0.25, 0.3) is 0 Å². The molecule has 1 saturated heterocycles. The fraction of sp³-hybridized carbons (Fsp3) is 0.600. The van der Waals surface area contributed by atoms with Crippen LogP contribution in [0, 0.1) is 6.92 Å². The lowest BCUT2D eigenvalue weighted by Crippen LogP contribution is -2.45. The molecule has 1 aliphatic rings. The molecule has 1 fully saturated rings. The third kappa shape index (κ3) is 10.0. The maximum Gasteiger partial charge on any atom is 0.408 e. The summed E-state index contributed by atoms with van der Waals surface area (Å²) in [6.45, 7) is 10.1. The summed E-state index contributed by atoms with van der Waals surface area (Å²) in [5.41, 5.74) is 0.721. The Bertz CT molecular complexity index is 553. The Morgan fingerprint density at radius 1 is 1.15 bits per heavy atom. The molecule has 0 spiro atoms. The van der Waals surface area contributed by atoms with Gasteiger partial charge in [-0.3, -0.25) is 0 Å². The summed E-state index contributed by atoms with van der Waals surface area (Å²) in [7, 11) is 0. The van der Waals surface area contributed by atoms with Crippen molar-refractivity contribution in [3.05, 3.63) is 35.9 Å². The highest BCUT2D eigenvalue weighted by Gasteiger charge is 2.27. The van der Waals surface area contributed by atoms with Gasteiger partial charge in [-0.2, -0.15) is 0 Å². The van der Waals surface area contributed by atoms with Crippen LogP contribution in [0.15, 0.2) is 30.3 Å². The first-order chi connectivity index (χ1) is 12.2. The molecular formula is C20H31NO5. The van der Waals surface area contributed by atoms with Gasteiger partial charge >= 0.3 is 12.1 Å². The maximum absolute atomic E-state index is 11.9. The first kappa shape index (κ1) is 22.0. The topological polar surface area (TPSA) is 73.9 Å². The number of aryl methyl sites for hydroxylation is 1. The van der Waals surface area contributed by atoms with Crippen LogP contribution < -0.4 is 5.32 Å². The average Bonchev–Trinajstić information content (AvgIpc) is 2.59. The molecule has 6 heteroatoms. The van der Waals surface area contributed by atoms with E-state index in [-0.39, 0.29) is 6.10 Å². The van der Waals surface area contributed by atoms with Crippen LogP contribution in [-0.2, 0) is 19.0 Å². The van der Waals surface area contributed by atoms with E-state index in [4.69, 9.17) is 14.2 Å². The number of nitrogens with one attached hydrogen (secondary N) is 1. The maximum atomic E-state index is 11.9. The number of ether oxygens (including phenoxy) is 3. The molecule has 6 nitrogen and oxygen atoms in total. The quantitative estimate of drug-likeness (QED) is 0.770. The number of alkyl carbamates (subject to hydrolysis) is 1. The number of amides is 1. The van der Waals surface area contributed by atoms with Crippen LogP contribution in [0.3, 0.4) is 0 Å². The van der Waals surface area contributed by atoms with Gasteiger partial charge < -0.3 is 19.5 Å². The number of esters is 1. The molecule has 1 unspecified atom stereocenters. The van der Waals surface area contributed by atoms with Gasteiger partial charge in [0.15, 0.2) is 0 Å². The van der Waals surface area contributed by atoms with Crippen LogP contribution in [-0.4, -0.2) is 43.0 Å². The fourth-order valence-electron chi connectivity index (χ4n) is 2.13. The molecule has 1 N–H and O–H groups in total. The average molecular weight is 365 g/mol. The van der Waals surface area contributed by atoms with Crippen molar-refractivity contribution in [1.29, 1.82) is 0 Å². The molecule has 146 valence electrons. The normalized spacial score (nSPS) is 21.0. The SMILES string of the molecule is CC1CCOCC[C@H](NC(=O)OC(C)(C)C)C(=O)O1.Cc1ccccc1. The summed E-state index contributed by atoms with van der Waals surface area (Å²) in [5, 5.41) is 2.53. The second-order valence-corrected chi connectivity index (χ2v) is 7.29. The predicted molar refractivity (Wildman–Crippen MR) is 99.9 cm³/mol. The van der Waals surface area contributed by atoms with Crippen LogP contribution in [0.2, 0.25) is 0 Å².